The van der Waals surface area contributed by atoms with Crippen LogP contribution in [-0.4, -0.2) is 35.4 Å². The quantitative estimate of drug-likeness (QED) is 0.751. The van der Waals surface area contributed by atoms with Crippen LogP contribution in [0.15, 0.2) is 30.5 Å². The van der Waals surface area contributed by atoms with Crippen molar-refractivity contribution in [2.24, 2.45) is 0 Å². The molecule has 0 aliphatic rings. The molecule has 0 aliphatic carbocycles. The number of alkyl halides is 3. The number of rotatable bonds is 7. The molecule has 25 heavy (non-hydrogen) atoms. The number of amides is 1. The molecule has 9 heteroatoms. The number of aromatic nitrogens is 2. The van der Waals surface area contributed by atoms with Gasteiger partial charge in [0.2, 0.25) is 0 Å². The van der Waals surface area contributed by atoms with E-state index >= 15 is 0 Å². The second-order valence-electron chi connectivity index (χ2n) is 5.10. The summed E-state index contributed by atoms with van der Waals surface area (Å²) >= 11 is 5.75. The molecule has 1 N–H and O–H groups in total. The number of nitrogens with one attached hydrogen (secondary N) is 1. The minimum Gasteiger partial charge on any atom is -0.382 e. The molecule has 0 spiro atoms. The summed E-state index contributed by atoms with van der Waals surface area (Å²) in [7, 11) is 0. The van der Waals surface area contributed by atoms with Gasteiger partial charge in [-0.1, -0.05) is 11.6 Å². The van der Waals surface area contributed by atoms with Crippen molar-refractivity contribution in [2.45, 2.75) is 19.5 Å². The van der Waals surface area contributed by atoms with Gasteiger partial charge in [0.05, 0.1) is 17.4 Å². The van der Waals surface area contributed by atoms with Gasteiger partial charge in [0.15, 0.2) is 5.69 Å². The zero-order chi connectivity index (χ0) is 18.4. The average Bonchev–Trinajstić information content (AvgIpc) is 3.00. The predicted octanol–water partition coefficient (Wildman–Crippen LogP) is 3.70. The third-order valence-electron chi connectivity index (χ3n) is 3.31. The van der Waals surface area contributed by atoms with Gasteiger partial charge in [0.1, 0.15) is 0 Å². The van der Waals surface area contributed by atoms with E-state index in [9.17, 15) is 18.0 Å². The molecule has 1 aromatic carbocycles. The van der Waals surface area contributed by atoms with Crippen LogP contribution in [-0.2, 0) is 10.9 Å². The van der Waals surface area contributed by atoms with Crippen LogP contribution in [0.1, 0.15) is 29.4 Å². The lowest BCUT2D eigenvalue weighted by Gasteiger charge is -2.13. The fraction of sp³-hybridized carbons (Fsp3) is 0.375. The molecule has 0 saturated carbocycles. The SMILES string of the molecule is CCOCCCNC(=O)c1cnn(-c2ccc(Cl)cc2)c1C(F)(F)F. The van der Waals surface area contributed by atoms with Gasteiger partial charge in [-0.25, -0.2) is 4.68 Å². The van der Waals surface area contributed by atoms with Gasteiger partial charge in [-0.2, -0.15) is 18.3 Å². The molecule has 0 unspecified atom stereocenters. The molecular weight excluding hydrogens is 359 g/mol. The molecule has 0 saturated heterocycles. The van der Waals surface area contributed by atoms with Crippen molar-refractivity contribution in [3.8, 4) is 5.69 Å². The predicted molar refractivity (Wildman–Crippen MR) is 87.0 cm³/mol. The van der Waals surface area contributed by atoms with Gasteiger partial charge < -0.3 is 10.1 Å². The van der Waals surface area contributed by atoms with E-state index in [4.69, 9.17) is 16.3 Å². The lowest BCUT2D eigenvalue weighted by molar-refractivity contribution is -0.143. The third kappa shape index (κ3) is 4.96. The maximum absolute atomic E-state index is 13.5. The Hall–Kier alpha value is -2.06. The van der Waals surface area contributed by atoms with Crippen LogP contribution >= 0.6 is 11.6 Å². The minimum atomic E-state index is -4.74. The van der Waals surface area contributed by atoms with Crippen LogP contribution in [0.4, 0.5) is 13.2 Å². The molecule has 5 nitrogen and oxygen atoms in total. The van der Waals surface area contributed by atoms with E-state index in [-0.39, 0.29) is 12.2 Å². The largest absolute Gasteiger partial charge is 0.434 e. The van der Waals surface area contributed by atoms with Crippen molar-refractivity contribution < 1.29 is 22.7 Å². The van der Waals surface area contributed by atoms with Crippen LogP contribution in [0, 0.1) is 0 Å². The molecule has 2 aromatic rings. The first-order valence-electron chi connectivity index (χ1n) is 7.61. The van der Waals surface area contributed by atoms with Crippen molar-refractivity contribution in [1.82, 2.24) is 15.1 Å². The topological polar surface area (TPSA) is 56.1 Å². The second kappa shape index (κ2) is 8.35. The molecule has 0 atom stereocenters. The number of hydrogen-bond donors (Lipinski definition) is 1. The normalized spacial score (nSPS) is 11.6. The van der Waals surface area contributed by atoms with Crippen molar-refractivity contribution in [1.29, 1.82) is 0 Å². The number of halogens is 4. The average molecular weight is 376 g/mol. The Balaban J connectivity index is 2.24. The van der Waals surface area contributed by atoms with Crippen molar-refractivity contribution in [3.63, 3.8) is 0 Å². The van der Waals surface area contributed by atoms with Crippen LogP contribution in [0.5, 0.6) is 0 Å². The second-order valence-corrected chi connectivity index (χ2v) is 5.54. The Kier molecular flexibility index (Phi) is 6.44. The van der Waals surface area contributed by atoms with Gasteiger partial charge in [-0.3, -0.25) is 4.79 Å². The molecule has 0 radical (unpaired) electrons. The molecule has 1 amide bonds. The Labute approximate surface area is 147 Å². The highest BCUT2D eigenvalue weighted by Crippen LogP contribution is 2.33. The Morgan fingerprint density at radius 2 is 2.00 bits per heavy atom. The summed E-state index contributed by atoms with van der Waals surface area (Å²) < 4.78 is 46.2. The summed E-state index contributed by atoms with van der Waals surface area (Å²) in [5.41, 5.74) is -1.50. The molecule has 0 aliphatic heterocycles. The highest BCUT2D eigenvalue weighted by atomic mass is 35.5. The number of hydrogen-bond acceptors (Lipinski definition) is 3. The number of ether oxygens (including phenoxy) is 1. The number of carbonyl (C=O) groups is 1. The molecule has 136 valence electrons. The van der Waals surface area contributed by atoms with Crippen molar-refractivity contribution >= 4 is 17.5 Å². The molecule has 1 heterocycles. The Bertz CT molecular complexity index is 714. The van der Waals surface area contributed by atoms with Gasteiger partial charge >= 0.3 is 6.18 Å². The summed E-state index contributed by atoms with van der Waals surface area (Å²) in [5.74, 6) is -0.830. The monoisotopic (exact) mass is 375 g/mol. The van der Waals surface area contributed by atoms with Crippen molar-refractivity contribution in [2.75, 3.05) is 19.8 Å². The van der Waals surface area contributed by atoms with Gasteiger partial charge in [-0.15, -0.1) is 0 Å². The maximum Gasteiger partial charge on any atom is 0.434 e. The van der Waals surface area contributed by atoms with Gasteiger partial charge in [-0.05, 0) is 37.6 Å². The fourth-order valence-corrected chi connectivity index (χ4v) is 2.31. The van der Waals surface area contributed by atoms with E-state index < -0.39 is 23.3 Å². The first-order valence-corrected chi connectivity index (χ1v) is 7.99. The zero-order valence-corrected chi connectivity index (χ0v) is 14.2. The summed E-state index contributed by atoms with van der Waals surface area (Å²) in [4.78, 5) is 12.1. The van der Waals surface area contributed by atoms with Crippen LogP contribution < -0.4 is 5.32 Å². The lowest BCUT2D eigenvalue weighted by Crippen LogP contribution is -2.28. The molecular formula is C16H17ClF3N3O2. The summed E-state index contributed by atoms with van der Waals surface area (Å²) in [6.45, 7) is 3.01. The molecule has 0 fully saturated rings. The molecule has 0 bridgehead atoms. The smallest absolute Gasteiger partial charge is 0.382 e. The Morgan fingerprint density at radius 1 is 1.32 bits per heavy atom. The highest BCUT2D eigenvalue weighted by molar-refractivity contribution is 6.30. The fourth-order valence-electron chi connectivity index (χ4n) is 2.18. The lowest BCUT2D eigenvalue weighted by atomic mass is 10.2. The van der Waals surface area contributed by atoms with Crippen molar-refractivity contribution in [3.05, 3.63) is 46.7 Å². The highest BCUT2D eigenvalue weighted by Gasteiger charge is 2.40. The van der Waals surface area contributed by atoms with Gasteiger partial charge in [0.25, 0.3) is 5.91 Å². The van der Waals surface area contributed by atoms with Crippen LogP contribution in [0.3, 0.4) is 0 Å². The standard InChI is InChI=1S/C16H17ClF3N3O2/c1-2-25-9-3-8-21-15(24)13-10-22-23(14(13)16(18,19)20)12-6-4-11(17)5-7-12/h4-7,10H,2-3,8-9H2,1H3,(H,21,24). The third-order valence-corrected chi connectivity index (χ3v) is 3.56. The first kappa shape index (κ1) is 19.3. The maximum atomic E-state index is 13.5. The number of benzene rings is 1. The minimum absolute atomic E-state index is 0.159. The Morgan fingerprint density at radius 3 is 2.60 bits per heavy atom. The van der Waals surface area contributed by atoms with E-state index in [1.807, 2.05) is 6.92 Å². The van der Waals surface area contributed by atoms with E-state index in [2.05, 4.69) is 10.4 Å². The zero-order valence-electron chi connectivity index (χ0n) is 13.4. The number of carbonyl (C=O) groups excluding carboxylic acids is 1. The summed E-state index contributed by atoms with van der Waals surface area (Å²) in [6.07, 6.45) is -3.32. The number of nitrogens with zero attached hydrogens (tertiary/aromatic N) is 2. The van der Waals surface area contributed by atoms with Crippen LogP contribution in [0.25, 0.3) is 5.69 Å². The van der Waals surface area contributed by atoms with E-state index in [1.165, 1.54) is 24.3 Å². The first-order chi connectivity index (χ1) is 11.8. The molecule has 2 rings (SSSR count). The van der Waals surface area contributed by atoms with E-state index in [0.29, 0.717) is 29.3 Å². The molecule has 1 aromatic heterocycles. The van der Waals surface area contributed by atoms with Crippen LogP contribution in [0.2, 0.25) is 5.02 Å². The van der Waals surface area contributed by atoms with Gasteiger partial charge in [0, 0.05) is 24.8 Å². The van der Waals surface area contributed by atoms with E-state index in [1.54, 1.807) is 0 Å². The summed E-state index contributed by atoms with van der Waals surface area (Å²) in [6, 6.07) is 5.70. The van der Waals surface area contributed by atoms with E-state index in [0.717, 1.165) is 6.20 Å². The summed E-state index contributed by atoms with van der Waals surface area (Å²) in [5, 5.41) is 6.57.